The Hall–Kier alpha value is -3.34. The van der Waals surface area contributed by atoms with E-state index in [2.05, 4.69) is 17.4 Å². The van der Waals surface area contributed by atoms with Crippen LogP contribution in [0.1, 0.15) is 11.1 Å². The number of benzene rings is 2. The van der Waals surface area contributed by atoms with Crippen molar-refractivity contribution in [3.05, 3.63) is 84.2 Å². The van der Waals surface area contributed by atoms with Crippen molar-refractivity contribution in [2.75, 3.05) is 19.5 Å². The number of carbonyl (C=O) groups excluding carboxylic acids is 1. The summed E-state index contributed by atoms with van der Waals surface area (Å²) < 4.78 is 12.3. The minimum Gasteiger partial charge on any atom is -0.493 e. The van der Waals surface area contributed by atoms with Crippen LogP contribution in [-0.2, 0) is 17.8 Å². The van der Waals surface area contributed by atoms with Crippen LogP contribution < -0.4 is 19.4 Å². The fourth-order valence-corrected chi connectivity index (χ4v) is 2.82. The number of methoxy groups -OCH3 is 2. The Balaban J connectivity index is 1.59. The van der Waals surface area contributed by atoms with Crippen molar-refractivity contribution in [2.24, 2.45) is 0 Å². The van der Waals surface area contributed by atoms with Crippen LogP contribution in [0.5, 0.6) is 11.5 Å². The van der Waals surface area contributed by atoms with E-state index in [-0.39, 0.29) is 12.5 Å². The third-order valence-electron chi connectivity index (χ3n) is 4.20. The van der Waals surface area contributed by atoms with Crippen LogP contribution in [0, 0.1) is 0 Å². The Bertz CT molecular complexity index is 893. The molecule has 0 saturated carbocycles. The molecule has 3 aromatic rings. The quantitative estimate of drug-likeness (QED) is 0.656. The molecule has 1 amide bonds. The number of anilines is 1. The summed E-state index contributed by atoms with van der Waals surface area (Å²) in [5.74, 6) is 1.09. The van der Waals surface area contributed by atoms with Crippen molar-refractivity contribution >= 4 is 11.6 Å². The summed E-state index contributed by atoms with van der Waals surface area (Å²) in [5, 5.41) is 2.88. The maximum Gasteiger partial charge on any atom is 0.290 e. The first kappa shape index (κ1) is 18.5. The molecule has 138 valence electrons. The number of hydrogen-bond acceptors (Lipinski definition) is 3. The highest BCUT2D eigenvalue weighted by molar-refractivity contribution is 5.90. The van der Waals surface area contributed by atoms with Crippen molar-refractivity contribution in [3.63, 3.8) is 0 Å². The van der Waals surface area contributed by atoms with Gasteiger partial charge in [-0.05, 0) is 29.7 Å². The monoisotopic (exact) mass is 363 g/mol. The van der Waals surface area contributed by atoms with Gasteiger partial charge in [0.05, 0.1) is 14.2 Å². The first-order chi connectivity index (χ1) is 13.2. The summed E-state index contributed by atoms with van der Waals surface area (Å²) in [4.78, 5) is 12.3. The summed E-state index contributed by atoms with van der Waals surface area (Å²) >= 11 is 0. The predicted molar refractivity (Wildman–Crippen MR) is 104 cm³/mol. The van der Waals surface area contributed by atoms with Gasteiger partial charge in [0.25, 0.3) is 5.91 Å². The average molecular weight is 363 g/mol. The van der Waals surface area contributed by atoms with Gasteiger partial charge < -0.3 is 14.8 Å². The van der Waals surface area contributed by atoms with E-state index in [4.69, 9.17) is 9.47 Å². The Kier molecular flexibility index (Phi) is 6.05. The maximum atomic E-state index is 12.3. The van der Waals surface area contributed by atoms with Gasteiger partial charge in [0.2, 0.25) is 6.54 Å². The van der Waals surface area contributed by atoms with E-state index in [1.807, 2.05) is 47.3 Å². The largest absolute Gasteiger partial charge is 0.493 e. The summed E-state index contributed by atoms with van der Waals surface area (Å²) in [5.41, 5.74) is 3.14. The minimum atomic E-state index is -0.108. The molecule has 1 aromatic heterocycles. The van der Waals surface area contributed by atoms with Gasteiger partial charge in [-0.3, -0.25) is 4.79 Å². The highest BCUT2D eigenvalue weighted by Crippen LogP contribution is 2.29. The second kappa shape index (κ2) is 8.85. The van der Waals surface area contributed by atoms with Gasteiger partial charge in [-0.25, -0.2) is 0 Å². The van der Waals surface area contributed by atoms with Crippen LogP contribution in [0.3, 0.4) is 0 Å². The predicted octanol–water partition coefficient (Wildman–Crippen LogP) is 3.22. The molecule has 0 aliphatic rings. The van der Waals surface area contributed by atoms with Gasteiger partial charge >= 0.3 is 0 Å². The second-order valence-electron chi connectivity index (χ2n) is 6.16. The zero-order valence-corrected chi connectivity index (χ0v) is 15.5. The molecule has 27 heavy (non-hydrogen) atoms. The summed E-state index contributed by atoms with van der Waals surface area (Å²) in [6.07, 6.45) is 4.72. The third-order valence-corrected chi connectivity index (χ3v) is 4.20. The van der Waals surface area contributed by atoms with Gasteiger partial charge in [0.15, 0.2) is 23.9 Å². The molecule has 0 radical (unpaired) electrons. The topological polar surface area (TPSA) is 51.4 Å². The van der Waals surface area contributed by atoms with Crippen molar-refractivity contribution < 1.29 is 18.8 Å². The highest BCUT2D eigenvalue weighted by atomic mass is 16.5. The SMILES string of the molecule is COc1ccc(NC(=O)C[n+]2ccc(Cc3ccccc3)cc2)cc1OC. The smallest absolute Gasteiger partial charge is 0.290 e. The summed E-state index contributed by atoms with van der Waals surface area (Å²) in [7, 11) is 3.14. The standard InChI is InChI=1S/C22H22N2O3/c1-26-20-9-8-19(15-21(20)27-2)23-22(25)16-24-12-10-18(11-13-24)14-17-6-4-3-5-7-17/h3-13,15H,14,16H2,1-2H3/p+1. The molecule has 1 heterocycles. The zero-order chi connectivity index (χ0) is 19.1. The molecule has 1 N–H and O–H groups in total. The van der Waals surface area contributed by atoms with Gasteiger partial charge in [-0.1, -0.05) is 30.3 Å². The van der Waals surface area contributed by atoms with Crippen molar-refractivity contribution in [1.29, 1.82) is 0 Å². The second-order valence-corrected chi connectivity index (χ2v) is 6.16. The summed E-state index contributed by atoms with van der Waals surface area (Å²) in [6.45, 7) is 0.236. The first-order valence-corrected chi connectivity index (χ1v) is 8.71. The maximum absolute atomic E-state index is 12.3. The summed E-state index contributed by atoms with van der Waals surface area (Å²) in [6, 6.07) is 19.7. The van der Waals surface area contributed by atoms with E-state index in [1.54, 1.807) is 32.4 Å². The molecule has 5 heteroatoms. The molecule has 3 rings (SSSR count). The number of rotatable bonds is 7. The number of amides is 1. The Morgan fingerprint density at radius 1 is 0.889 bits per heavy atom. The van der Waals surface area contributed by atoms with Gasteiger partial charge in [0, 0.05) is 23.9 Å². The molecule has 0 unspecified atom stereocenters. The molecule has 0 atom stereocenters. The van der Waals surface area contributed by atoms with Crippen LogP contribution in [-0.4, -0.2) is 20.1 Å². The van der Waals surface area contributed by atoms with Gasteiger partial charge in [0.1, 0.15) is 0 Å². The molecule has 0 saturated heterocycles. The Labute approximate surface area is 159 Å². The van der Waals surface area contributed by atoms with E-state index >= 15 is 0 Å². The molecule has 2 aromatic carbocycles. The fourth-order valence-electron chi connectivity index (χ4n) is 2.82. The number of nitrogens with zero attached hydrogens (tertiary/aromatic N) is 1. The van der Waals surface area contributed by atoms with Crippen molar-refractivity contribution in [1.82, 2.24) is 0 Å². The third kappa shape index (κ3) is 5.07. The fraction of sp³-hybridized carbons (Fsp3) is 0.182. The van der Waals surface area contributed by atoms with E-state index in [0.29, 0.717) is 17.2 Å². The molecule has 5 nitrogen and oxygen atoms in total. The normalized spacial score (nSPS) is 10.3. The van der Waals surface area contributed by atoms with Gasteiger partial charge in [-0.15, -0.1) is 0 Å². The molecule has 0 spiro atoms. The number of carbonyl (C=O) groups is 1. The first-order valence-electron chi connectivity index (χ1n) is 8.71. The molecule has 0 bridgehead atoms. The Morgan fingerprint density at radius 2 is 1.56 bits per heavy atom. The molecule has 0 aliphatic carbocycles. The van der Waals surface area contributed by atoms with E-state index in [0.717, 1.165) is 6.42 Å². The van der Waals surface area contributed by atoms with E-state index in [9.17, 15) is 4.79 Å². The van der Waals surface area contributed by atoms with E-state index in [1.165, 1.54) is 11.1 Å². The lowest BCUT2D eigenvalue weighted by molar-refractivity contribution is -0.684. The highest BCUT2D eigenvalue weighted by Gasteiger charge is 2.12. The van der Waals surface area contributed by atoms with Crippen molar-refractivity contribution in [2.45, 2.75) is 13.0 Å². The molecular formula is C22H23N2O3+. The number of pyridine rings is 1. The van der Waals surface area contributed by atoms with Crippen LogP contribution in [0.15, 0.2) is 73.1 Å². The lowest BCUT2D eigenvalue weighted by Gasteiger charge is -2.10. The Morgan fingerprint density at radius 3 is 2.22 bits per heavy atom. The zero-order valence-electron chi connectivity index (χ0n) is 15.5. The van der Waals surface area contributed by atoms with Crippen LogP contribution in [0.25, 0.3) is 0 Å². The van der Waals surface area contributed by atoms with Crippen LogP contribution >= 0.6 is 0 Å². The minimum absolute atomic E-state index is 0.108. The molecular weight excluding hydrogens is 340 g/mol. The van der Waals surface area contributed by atoms with Crippen LogP contribution in [0.2, 0.25) is 0 Å². The number of aromatic nitrogens is 1. The lowest BCUT2D eigenvalue weighted by atomic mass is 10.1. The van der Waals surface area contributed by atoms with Gasteiger partial charge in [-0.2, -0.15) is 4.57 Å². The average Bonchev–Trinajstić information content (AvgIpc) is 2.70. The number of nitrogens with one attached hydrogen (secondary N) is 1. The molecule has 0 fully saturated rings. The number of ether oxygens (including phenoxy) is 2. The van der Waals surface area contributed by atoms with E-state index < -0.39 is 0 Å². The lowest BCUT2D eigenvalue weighted by Crippen LogP contribution is -2.39. The molecule has 0 aliphatic heterocycles. The van der Waals surface area contributed by atoms with Crippen molar-refractivity contribution in [3.8, 4) is 11.5 Å². The number of hydrogen-bond donors (Lipinski definition) is 1. The van der Waals surface area contributed by atoms with Crippen LogP contribution in [0.4, 0.5) is 5.69 Å².